The SMILES string of the molecule is c1ccc(C2=PC(c3ccccc3)P=P2)cc1. The van der Waals surface area contributed by atoms with Crippen molar-refractivity contribution >= 4 is 29.0 Å². The van der Waals surface area contributed by atoms with Crippen LogP contribution in [0.15, 0.2) is 60.7 Å². The topological polar surface area (TPSA) is 0 Å². The average molecular weight is 272 g/mol. The fraction of sp³-hybridized carbons (Fsp3) is 0.0714. The van der Waals surface area contributed by atoms with Gasteiger partial charge in [-0.25, -0.2) is 0 Å². The van der Waals surface area contributed by atoms with Gasteiger partial charge in [0.15, 0.2) is 0 Å². The maximum Gasteiger partial charge on any atom is 0.0728 e. The molecule has 3 rings (SSSR count). The van der Waals surface area contributed by atoms with E-state index in [4.69, 9.17) is 0 Å². The molecule has 0 N–H and O–H groups in total. The van der Waals surface area contributed by atoms with Crippen LogP contribution < -0.4 is 0 Å². The smallest absolute Gasteiger partial charge is 0.0726 e. The summed E-state index contributed by atoms with van der Waals surface area (Å²) in [6.07, 6.45) is 0. The predicted molar refractivity (Wildman–Crippen MR) is 80.5 cm³/mol. The molecule has 0 saturated carbocycles. The van der Waals surface area contributed by atoms with Gasteiger partial charge in [-0.15, -0.1) is 0 Å². The zero-order valence-electron chi connectivity index (χ0n) is 9.19. The Hall–Kier alpha value is -0.790. The van der Waals surface area contributed by atoms with Gasteiger partial charge in [0.1, 0.15) is 0 Å². The van der Waals surface area contributed by atoms with E-state index in [2.05, 4.69) is 60.7 Å². The van der Waals surface area contributed by atoms with Gasteiger partial charge in [0.05, 0.1) is 5.40 Å². The van der Waals surface area contributed by atoms with Crippen molar-refractivity contribution in [2.75, 3.05) is 0 Å². The van der Waals surface area contributed by atoms with E-state index in [9.17, 15) is 0 Å². The first kappa shape index (κ1) is 11.3. The maximum absolute atomic E-state index is 2.24. The molecular formula is C14H11P3. The third-order valence-corrected chi connectivity index (χ3v) is 8.76. The average Bonchev–Trinajstić information content (AvgIpc) is 2.90. The zero-order valence-corrected chi connectivity index (χ0v) is 11.9. The lowest BCUT2D eigenvalue weighted by Gasteiger charge is -2.02. The van der Waals surface area contributed by atoms with E-state index in [0.29, 0.717) is 5.40 Å². The summed E-state index contributed by atoms with van der Waals surface area (Å²) in [4.78, 5) is 0. The molecule has 2 aromatic rings. The van der Waals surface area contributed by atoms with Crippen molar-refractivity contribution in [3.63, 3.8) is 0 Å². The first-order valence-corrected chi connectivity index (χ1v) is 9.05. The van der Waals surface area contributed by atoms with Gasteiger partial charge in [0.2, 0.25) is 0 Å². The van der Waals surface area contributed by atoms with E-state index in [-0.39, 0.29) is 0 Å². The Bertz CT molecular complexity index is 559. The van der Waals surface area contributed by atoms with Crippen LogP contribution in [-0.4, -0.2) is 5.03 Å². The molecule has 17 heavy (non-hydrogen) atoms. The van der Waals surface area contributed by atoms with Gasteiger partial charge >= 0.3 is 0 Å². The largest absolute Gasteiger partial charge is 0.0728 e. The minimum atomic E-state index is 0.660. The molecule has 1 aliphatic heterocycles. The Morgan fingerprint density at radius 2 is 1.41 bits per heavy atom. The molecule has 0 amide bonds. The van der Waals surface area contributed by atoms with Crippen molar-refractivity contribution in [3.8, 4) is 0 Å². The van der Waals surface area contributed by atoms with Crippen LogP contribution in [0.1, 0.15) is 16.5 Å². The van der Waals surface area contributed by atoms with E-state index >= 15 is 0 Å². The molecule has 1 unspecified atom stereocenters. The fourth-order valence-electron chi connectivity index (χ4n) is 1.76. The normalized spacial score (nSPS) is 20.9. The highest BCUT2D eigenvalue weighted by molar-refractivity contribution is 8.04. The predicted octanol–water partition coefficient (Wildman–Crippen LogP) is 5.63. The minimum Gasteiger partial charge on any atom is -0.0726 e. The zero-order chi connectivity index (χ0) is 11.5. The lowest BCUT2D eigenvalue weighted by Crippen LogP contribution is -1.85. The summed E-state index contributed by atoms with van der Waals surface area (Å²) < 4.78 is 0. The van der Waals surface area contributed by atoms with E-state index in [1.54, 1.807) is 5.03 Å². The van der Waals surface area contributed by atoms with Gasteiger partial charge in [-0.05, 0) is 19.0 Å². The summed E-state index contributed by atoms with van der Waals surface area (Å²) in [6.45, 7) is 0. The van der Waals surface area contributed by atoms with Crippen molar-refractivity contribution in [2.24, 2.45) is 0 Å². The maximum atomic E-state index is 2.24. The molecule has 0 saturated heterocycles. The van der Waals surface area contributed by atoms with Gasteiger partial charge in [0, 0.05) is 5.03 Å². The summed E-state index contributed by atoms with van der Waals surface area (Å²) in [5, 5.41) is 2.22. The highest BCUT2D eigenvalue weighted by atomic mass is 31.7. The Labute approximate surface area is 106 Å². The lowest BCUT2D eigenvalue weighted by molar-refractivity contribution is 1.38. The molecule has 1 aliphatic rings. The van der Waals surface area contributed by atoms with E-state index in [1.165, 1.54) is 35.1 Å². The molecular weight excluding hydrogens is 261 g/mol. The van der Waals surface area contributed by atoms with Crippen LogP contribution in [0.25, 0.3) is 0 Å². The molecule has 0 nitrogen and oxygen atoms in total. The van der Waals surface area contributed by atoms with Crippen LogP contribution in [0.5, 0.6) is 0 Å². The van der Waals surface area contributed by atoms with Gasteiger partial charge in [-0.1, -0.05) is 76.7 Å². The number of hydrogen-bond acceptors (Lipinski definition) is 0. The second-order valence-electron chi connectivity index (χ2n) is 3.82. The fourth-order valence-corrected chi connectivity index (χ4v) is 8.04. The van der Waals surface area contributed by atoms with Gasteiger partial charge in [0.25, 0.3) is 0 Å². The Kier molecular flexibility index (Phi) is 3.49. The molecule has 1 atom stereocenters. The molecule has 0 spiro atoms. The molecule has 82 valence electrons. The van der Waals surface area contributed by atoms with Crippen LogP contribution in [0, 0.1) is 0 Å². The first-order valence-electron chi connectivity index (χ1n) is 5.52. The third-order valence-electron chi connectivity index (χ3n) is 2.64. The lowest BCUT2D eigenvalue weighted by atomic mass is 10.2. The quantitative estimate of drug-likeness (QED) is 0.621. The number of rotatable bonds is 2. The number of benzene rings is 2. The van der Waals surface area contributed by atoms with Crippen LogP contribution in [0.2, 0.25) is 0 Å². The van der Waals surface area contributed by atoms with E-state index in [0.717, 1.165) is 0 Å². The van der Waals surface area contributed by atoms with Crippen LogP contribution in [0.4, 0.5) is 0 Å². The summed E-state index contributed by atoms with van der Waals surface area (Å²) in [5.74, 6) is 0. The van der Waals surface area contributed by atoms with Crippen LogP contribution >= 0.6 is 23.9 Å². The van der Waals surface area contributed by atoms with Crippen molar-refractivity contribution < 1.29 is 0 Å². The molecule has 2 aromatic carbocycles. The van der Waals surface area contributed by atoms with E-state index in [1.807, 2.05) is 0 Å². The molecule has 0 bridgehead atoms. The van der Waals surface area contributed by atoms with Crippen molar-refractivity contribution in [3.05, 3.63) is 71.8 Å². The Balaban J connectivity index is 1.91. The summed E-state index contributed by atoms with van der Waals surface area (Å²) in [7, 11) is 4.45. The minimum absolute atomic E-state index is 0.660. The highest BCUT2D eigenvalue weighted by Crippen LogP contribution is 2.52. The molecule has 0 fully saturated rings. The van der Waals surface area contributed by atoms with Crippen LogP contribution in [0.3, 0.4) is 0 Å². The molecule has 0 aromatic heterocycles. The standard InChI is InChI=1S/C14H11P3/c1-3-7-11(8-4-1)13-15-14(17-16-13)12-9-5-2-6-10-12/h1-10,13H. The van der Waals surface area contributed by atoms with Gasteiger partial charge in [-0.3, -0.25) is 0 Å². The summed E-state index contributed by atoms with van der Waals surface area (Å²) in [5.41, 5.74) is 2.87. The molecule has 3 heteroatoms. The van der Waals surface area contributed by atoms with E-state index < -0.39 is 0 Å². The van der Waals surface area contributed by atoms with Gasteiger partial charge < -0.3 is 0 Å². The van der Waals surface area contributed by atoms with Crippen molar-refractivity contribution in [1.29, 1.82) is 0 Å². The summed E-state index contributed by atoms with van der Waals surface area (Å²) >= 11 is 0. The van der Waals surface area contributed by atoms with Crippen molar-refractivity contribution in [2.45, 2.75) is 5.40 Å². The molecule has 1 heterocycles. The van der Waals surface area contributed by atoms with Crippen molar-refractivity contribution in [1.82, 2.24) is 0 Å². The second kappa shape index (κ2) is 5.24. The second-order valence-corrected chi connectivity index (χ2v) is 8.49. The number of hydrogen-bond donors (Lipinski definition) is 0. The Morgan fingerprint density at radius 3 is 2.12 bits per heavy atom. The highest BCUT2D eigenvalue weighted by Gasteiger charge is 2.14. The molecule has 0 radical (unpaired) electrons. The Morgan fingerprint density at radius 1 is 0.765 bits per heavy atom. The molecule has 0 aliphatic carbocycles. The van der Waals surface area contributed by atoms with Crippen LogP contribution in [-0.2, 0) is 0 Å². The monoisotopic (exact) mass is 272 g/mol. The summed E-state index contributed by atoms with van der Waals surface area (Å²) in [6, 6.07) is 21.6. The third kappa shape index (κ3) is 2.56. The first-order chi connectivity index (χ1) is 8.43. The van der Waals surface area contributed by atoms with Gasteiger partial charge in [-0.2, -0.15) is 0 Å².